The van der Waals surface area contributed by atoms with E-state index in [1.165, 1.54) is 25.3 Å². The molecule has 4 atom stereocenters. The Morgan fingerprint density at radius 1 is 1.32 bits per heavy atom. The minimum Gasteiger partial charge on any atom is -0.486 e. The van der Waals surface area contributed by atoms with Crippen LogP contribution >= 0.6 is 7.82 Å². The molecule has 3 rings (SSSR count). The predicted molar refractivity (Wildman–Crippen MR) is 137 cm³/mol. The molecule has 0 saturated heterocycles. The van der Waals surface area contributed by atoms with Gasteiger partial charge >= 0.3 is 13.5 Å². The van der Waals surface area contributed by atoms with Gasteiger partial charge in [0.1, 0.15) is 18.5 Å². The average molecular weight is 560 g/mol. The highest BCUT2D eigenvalue weighted by atomic mass is 31.2. The van der Waals surface area contributed by atoms with Crippen molar-refractivity contribution in [1.82, 2.24) is 9.55 Å². The maximum atomic E-state index is 14.8. The largest absolute Gasteiger partial charge is 0.486 e. The topological polar surface area (TPSA) is 147 Å². The van der Waals surface area contributed by atoms with Gasteiger partial charge in [-0.15, -0.1) is 0 Å². The van der Waals surface area contributed by atoms with Crippen LogP contribution in [0, 0.1) is 0 Å². The van der Waals surface area contributed by atoms with Crippen LogP contribution in [0.5, 0.6) is 11.5 Å². The zero-order valence-electron chi connectivity index (χ0n) is 22.3. The van der Waals surface area contributed by atoms with Crippen molar-refractivity contribution >= 4 is 19.5 Å². The quantitative estimate of drug-likeness (QED) is 0.386. The van der Waals surface area contributed by atoms with E-state index in [0.717, 1.165) is 6.20 Å². The van der Waals surface area contributed by atoms with Gasteiger partial charge in [-0.1, -0.05) is 13.8 Å². The lowest BCUT2D eigenvalue weighted by atomic mass is 10.1. The van der Waals surface area contributed by atoms with Gasteiger partial charge < -0.3 is 24.4 Å². The van der Waals surface area contributed by atoms with E-state index in [4.69, 9.17) is 23.3 Å². The van der Waals surface area contributed by atoms with Crippen LogP contribution in [0.15, 0.2) is 35.3 Å². The molecule has 212 valence electrons. The van der Waals surface area contributed by atoms with Gasteiger partial charge in [-0.05, 0) is 45.0 Å². The number of anilines is 1. The zero-order valence-corrected chi connectivity index (χ0v) is 23.1. The highest BCUT2D eigenvalue weighted by Crippen LogP contribution is 2.44. The van der Waals surface area contributed by atoms with Gasteiger partial charge in [0.2, 0.25) is 0 Å². The Hall–Kier alpha value is -2.83. The van der Waals surface area contributed by atoms with E-state index in [2.05, 4.69) is 10.3 Å². The Balaban J connectivity index is 0.00000247. The summed E-state index contributed by atoms with van der Waals surface area (Å²) in [6.45, 7) is 8.91. The summed E-state index contributed by atoms with van der Waals surface area (Å²) in [4.78, 5) is 38.3. The molecule has 1 aliphatic rings. The SMILES string of the molecule is CC.CO[C@H](COP(=O)(O)OC(C)C)C[C@H](F)n1ccc(NC(=O)c2ccc3c(c2)OC(C)CO3)nc1=O. The summed E-state index contributed by atoms with van der Waals surface area (Å²) >= 11 is 0. The first kappa shape index (κ1) is 31.4. The number of benzene rings is 1. The Morgan fingerprint density at radius 2 is 2.03 bits per heavy atom. The number of aromatic nitrogens is 2. The Bertz CT molecular complexity index is 1180. The van der Waals surface area contributed by atoms with Crippen LogP contribution in [-0.4, -0.2) is 59.0 Å². The zero-order chi connectivity index (χ0) is 28.5. The first-order valence-corrected chi connectivity index (χ1v) is 13.6. The number of methoxy groups -OCH3 is 1. The number of fused-ring (bicyclic) bond motifs is 1. The number of hydrogen-bond donors (Lipinski definition) is 2. The first-order valence-electron chi connectivity index (χ1n) is 12.1. The van der Waals surface area contributed by atoms with E-state index in [9.17, 15) is 23.4 Å². The number of phosphoric ester groups is 1. The smallest absolute Gasteiger partial charge is 0.472 e. The van der Waals surface area contributed by atoms with Crippen molar-refractivity contribution in [2.75, 3.05) is 25.6 Å². The summed E-state index contributed by atoms with van der Waals surface area (Å²) in [6, 6.07) is 5.93. The standard InChI is InChI=1S/C22H29FN3O9P.C2H6/c1-13(2)35-36(29,30)33-12-16(31-4)10-19(23)26-8-7-20(25-22(26)28)24-21(27)15-5-6-17-18(9-15)34-14(3)11-32-17;1-2/h5-9,13-14,16,19H,10-12H2,1-4H3,(H,29,30)(H,24,25,27,28);1-2H3/t14?,16-,19+;/m0./s1. The second-order valence-electron chi connectivity index (χ2n) is 8.30. The van der Waals surface area contributed by atoms with Crippen LogP contribution in [0.25, 0.3) is 0 Å². The number of phosphoric acid groups is 1. The minimum atomic E-state index is -4.33. The van der Waals surface area contributed by atoms with Gasteiger partial charge in [-0.2, -0.15) is 4.98 Å². The number of carbonyl (C=O) groups is 1. The number of ether oxygens (including phenoxy) is 3. The third kappa shape index (κ3) is 9.17. The fraction of sp³-hybridized carbons (Fsp3) is 0.542. The molecule has 1 aliphatic heterocycles. The number of nitrogens with one attached hydrogen (secondary N) is 1. The molecule has 0 spiro atoms. The molecule has 12 nitrogen and oxygen atoms in total. The van der Waals surface area contributed by atoms with Crippen LogP contribution in [0.4, 0.5) is 10.2 Å². The molecule has 38 heavy (non-hydrogen) atoms. The molecular weight excluding hydrogens is 524 g/mol. The molecule has 0 radical (unpaired) electrons. The van der Waals surface area contributed by atoms with Crippen LogP contribution in [0.1, 0.15) is 57.7 Å². The van der Waals surface area contributed by atoms with E-state index < -0.39 is 44.5 Å². The molecule has 2 N–H and O–H groups in total. The molecule has 1 amide bonds. The summed E-state index contributed by atoms with van der Waals surface area (Å²) in [6.07, 6.45) is -2.80. The lowest BCUT2D eigenvalue weighted by Gasteiger charge is -2.24. The predicted octanol–water partition coefficient (Wildman–Crippen LogP) is 4.10. The van der Waals surface area contributed by atoms with Gasteiger partial charge in [-0.3, -0.25) is 18.4 Å². The van der Waals surface area contributed by atoms with E-state index in [0.29, 0.717) is 22.7 Å². The van der Waals surface area contributed by atoms with Crippen LogP contribution < -0.4 is 20.5 Å². The van der Waals surface area contributed by atoms with Crippen LogP contribution in [0.3, 0.4) is 0 Å². The lowest BCUT2D eigenvalue weighted by molar-refractivity contribution is 0.00641. The normalized spacial score (nSPS) is 17.6. The third-order valence-electron chi connectivity index (χ3n) is 4.94. The maximum Gasteiger partial charge on any atom is 0.472 e. The van der Waals surface area contributed by atoms with Crippen molar-refractivity contribution in [3.05, 3.63) is 46.5 Å². The Labute approximate surface area is 220 Å². The molecule has 0 bridgehead atoms. The first-order chi connectivity index (χ1) is 18.0. The van der Waals surface area contributed by atoms with E-state index in [-0.39, 0.29) is 23.9 Å². The molecular formula is C24H35FN3O9P. The Morgan fingerprint density at radius 3 is 2.66 bits per heavy atom. The number of carbonyl (C=O) groups excluding carboxylic acids is 1. The average Bonchev–Trinajstić information content (AvgIpc) is 2.86. The molecule has 0 aliphatic carbocycles. The highest BCUT2D eigenvalue weighted by molar-refractivity contribution is 7.47. The molecule has 14 heteroatoms. The van der Waals surface area contributed by atoms with E-state index >= 15 is 0 Å². The summed E-state index contributed by atoms with van der Waals surface area (Å²) in [7, 11) is -3.07. The molecule has 0 fully saturated rings. The fourth-order valence-corrected chi connectivity index (χ4v) is 4.19. The molecule has 2 heterocycles. The van der Waals surface area contributed by atoms with E-state index in [1.54, 1.807) is 19.9 Å². The number of amides is 1. The molecule has 1 aromatic heterocycles. The minimum absolute atomic E-state index is 0.0737. The second kappa shape index (κ2) is 14.4. The summed E-state index contributed by atoms with van der Waals surface area (Å²) in [5.74, 6) is 0.327. The van der Waals surface area contributed by atoms with Crippen molar-refractivity contribution in [3.63, 3.8) is 0 Å². The van der Waals surface area contributed by atoms with Gasteiger partial charge in [0.25, 0.3) is 5.91 Å². The van der Waals surface area contributed by atoms with Crippen molar-refractivity contribution < 1.29 is 41.9 Å². The third-order valence-corrected chi connectivity index (χ3v) is 6.10. The van der Waals surface area contributed by atoms with Gasteiger partial charge in [0.15, 0.2) is 17.8 Å². The van der Waals surface area contributed by atoms with E-state index in [1.807, 2.05) is 20.8 Å². The van der Waals surface area contributed by atoms with Crippen molar-refractivity contribution in [2.45, 2.75) is 65.6 Å². The molecule has 0 saturated carbocycles. The number of halogens is 1. The number of nitrogens with zero attached hydrogens (tertiary/aromatic N) is 2. The fourth-order valence-electron chi connectivity index (χ4n) is 3.24. The van der Waals surface area contributed by atoms with Crippen molar-refractivity contribution in [1.29, 1.82) is 0 Å². The molecule has 2 unspecified atom stereocenters. The second-order valence-corrected chi connectivity index (χ2v) is 9.71. The lowest BCUT2D eigenvalue weighted by Crippen LogP contribution is -2.30. The molecule has 2 aromatic rings. The summed E-state index contributed by atoms with van der Waals surface area (Å²) in [5, 5.41) is 2.49. The van der Waals surface area contributed by atoms with Crippen LogP contribution in [-0.2, 0) is 18.3 Å². The molecule has 1 aromatic carbocycles. The summed E-state index contributed by atoms with van der Waals surface area (Å²) in [5.41, 5.74) is -0.700. The van der Waals surface area contributed by atoms with Crippen molar-refractivity contribution in [3.8, 4) is 11.5 Å². The van der Waals surface area contributed by atoms with Crippen LogP contribution in [0.2, 0.25) is 0 Å². The number of hydrogen-bond acceptors (Lipinski definition) is 9. The Kier molecular flexibility index (Phi) is 11.9. The monoisotopic (exact) mass is 559 g/mol. The van der Waals surface area contributed by atoms with Gasteiger partial charge in [-0.25, -0.2) is 13.8 Å². The van der Waals surface area contributed by atoms with Gasteiger partial charge in [0.05, 0.1) is 18.8 Å². The highest BCUT2D eigenvalue weighted by Gasteiger charge is 2.27. The van der Waals surface area contributed by atoms with Gasteiger partial charge in [0, 0.05) is 25.3 Å². The maximum absolute atomic E-state index is 14.8. The van der Waals surface area contributed by atoms with Crippen molar-refractivity contribution in [2.24, 2.45) is 0 Å². The number of rotatable bonds is 11. The summed E-state index contributed by atoms with van der Waals surface area (Å²) < 4.78 is 53.2. The number of alkyl halides is 1.